The third kappa shape index (κ3) is 5.15. The molecular formula is C14H25O4PSi. The lowest BCUT2D eigenvalue weighted by Crippen LogP contribution is -2.28. The number of benzene rings is 1. The fraction of sp³-hybridized carbons (Fsp3) is 0.571. The maximum Gasteiger partial charge on any atom is 0.362 e. The van der Waals surface area contributed by atoms with Crippen LogP contribution < -0.4 is 0 Å². The second kappa shape index (κ2) is 7.53. The van der Waals surface area contributed by atoms with Crippen molar-refractivity contribution in [2.75, 3.05) is 13.2 Å². The Kier molecular flexibility index (Phi) is 6.62. The van der Waals surface area contributed by atoms with Crippen molar-refractivity contribution in [3.05, 3.63) is 35.9 Å². The molecule has 0 unspecified atom stereocenters. The molecule has 0 amide bonds. The van der Waals surface area contributed by atoms with E-state index in [1.807, 2.05) is 44.2 Å². The standard InChI is InChI=1S/C14H25O4PSi/c1-6-16-19(15,17-7-2)14(18-20(3,4)5)13-11-9-8-10-12-13/h8-12,14H,6-7H2,1-5H3/t14-/m1/s1. The Morgan fingerprint density at radius 3 is 1.95 bits per heavy atom. The van der Waals surface area contributed by atoms with Crippen LogP contribution >= 0.6 is 7.60 Å². The van der Waals surface area contributed by atoms with E-state index in [-0.39, 0.29) is 0 Å². The lowest BCUT2D eigenvalue weighted by molar-refractivity contribution is 0.158. The third-order valence-electron chi connectivity index (χ3n) is 2.46. The van der Waals surface area contributed by atoms with Crippen molar-refractivity contribution < 1.29 is 18.0 Å². The maximum atomic E-state index is 13.0. The summed E-state index contributed by atoms with van der Waals surface area (Å²) in [5.41, 5.74) is 0.833. The van der Waals surface area contributed by atoms with E-state index in [2.05, 4.69) is 19.6 Å². The molecule has 0 saturated carbocycles. The maximum absolute atomic E-state index is 13.0. The highest BCUT2D eigenvalue weighted by atomic mass is 31.2. The van der Waals surface area contributed by atoms with Gasteiger partial charge in [0.05, 0.1) is 13.2 Å². The van der Waals surface area contributed by atoms with Crippen LogP contribution in [0, 0.1) is 0 Å². The van der Waals surface area contributed by atoms with Gasteiger partial charge in [0.1, 0.15) is 0 Å². The SMILES string of the molecule is CCOP(=O)(OCC)[C@@H](O[Si](C)(C)C)c1ccccc1. The van der Waals surface area contributed by atoms with Crippen LogP contribution in [0.25, 0.3) is 0 Å². The van der Waals surface area contributed by atoms with Gasteiger partial charge in [0.25, 0.3) is 0 Å². The zero-order valence-electron chi connectivity index (χ0n) is 13.0. The molecule has 0 aliphatic heterocycles. The molecule has 0 aliphatic carbocycles. The van der Waals surface area contributed by atoms with Crippen molar-refractivity contribution in [2.45, 2.75) is 39.3 Å². The lowest BCUT2D eigenvalue weighted by Gasteiger charge is -2.31. The zero-order chi connectivity index (χ0) is 15.2. The highest BCUT2D eigenvalue weighted by Gasteiger charge is 2.40. The lowest BCUT2D eigenvalue weighted by atomic mass is 10.2. The molecule has 0 fully saturated rings. The van der Waals surface area contributed by atoms with Crippen LogP contribution in [0.4, 0.5) is 0 Å². The molecule has 0 N–H and O–H groups in total. The second-order valence-corrected chi connectivity index (χ2v) is 11.9. The van der Waals surface area contributed by atoms with E-state index in [4.69, 9.17) is 13.5 Å². The Morgan fingerprint density at radius 2 is 1.55 bits per heavy atom. The molecule has 0 bridgehead atoms. The summed E-state index contributed by atoms with van der Waals surface area (Å²) in [6.07, 6.45) is 0. The van der Waals surface area contributed by atoms with E-state index in [1.165, 1.54) is 0 Å². The van der Waals surface area contributed by atoms with Crippen LogP contribution in [0.1, 0.15) is 25.3 Å². The van der Waals surface area contributed by atoms with Crippen molar-refractivity contribution in [1.29, 1.82) is 0 Å². The molecule has 114 valence electrons. The fourth-order valence-corrected chi connectivity index (χ4v) is 5.67. The van der Waals surface area contributed by atoms with Gasteiger partial charge in [-0.25, -0.2) is 0 Å². The number of rotatable bonds is 8. The Labute approximate surface area is 123 Å². The topological polar surface area (TPSA) is 44.8 Å². The average molecular weight is 316 g/mol. The van der Waals surface area contributed by atoms with E-state index in [9.17, 15) is 4.57 Å². The molecule has 6 heteroatoms. The van der Waals surface area contributed by atoms with Crippen molar-refractivity contribution in [2.24, 2.45) is 0 Å². The Hall–Kier alpha value is -0.453. The van der Waals surface area contributed by atoms with Gasteiger partial charge < -0.3 is 13.5 Å². The Morgan fingerprint density at radius 1 is 1.05 bits per heavy atom. The molecule has 1 aromatic carbocycles. The molecule has 0 heterocycles. The molecule has 20 heavy (non-hydrogen) atoms. The van der Waals surface area contributed by atoms with Crippen molar-refractivity contribution >= 4 is 15.9 Å². The molecule has 0 saturated heterocycles. The molecule has 0 aliphatic rings. The minimum Gasteiger partial charge on any atom is -0.400 e. The van der Waals surface area contributed by atoms with Crippen LogP contribution in [0.2, 0.25) is 19.6 Å². The van der Waals surface area contributed by atoms with Crippen LogP contribution in [0.15, 0.2) is 30.3 Å². The summed E-state index contributed by atoms with van der Waals surface area (Å²) >= 11 is 0. The number of hydrogen-bond donors (Lipinski definition) is 0. The van der Waals surface area contributed by atoms with Gasteiger partial charge in [0.15, 0.2) is 14.2 Å². The second-order valence-electron chi connectivity index (χ2n) is 5.37. The molecular weight excluding hydrogens is 291 g/mol. The molecule has 1 atom stereocenters. The summed E-state index contributed by atoms with van der Waals surface area (Å²) in [6.45, 7) is 10.5. The predicted molar refractivity (Wildman–Crippen MR) is 84.5 cm³/mol. The first-order chi connectivity index (χ1) is 9.32. The normalized spacial score (nSPS) is 14.2. The van der Waals surface area contributed by atoms with Crippen molar-refractivity contribution in [3.63, 3.8) is 0 Å². The highest BCUT2D eigenvalue weighted by Crippen LogP contribution is 2.62. The van der Waals surface area contributed by atoms with Gasteiger partial charge in [0, 0.05) is 0 Å². The monoisotopic (exact) mass is 316 g/mol. The van der Waals surface area contributed by atoms with Crippen LogP contribution in [-0.4, -0.2) is 21.5 Å². The van der Waals surface area contributed by atoms with Crippen LogP contribution in [0.3, 0.4) is 0 Å². The summed E-state index contributed by atoms with van der Waals surface area (Å²) in [5, 5.41) is 0. The van der Waals surface area contributed by atoms with Crippen LogP contribution in [0.5, 0.6) is 0 Å². The van der Waals surface area contributed by atoms with Gasteiger partial charge in [-0.15, -0.1) is 0 Å². The molecule has 1 rings (SSSR count). The minimum atomic E-state index is -3.34. The molecule has 0 radical (unpaired) electrons. The van der Waals surface area contributed by atoms with Gasteiger partial charge in [-0.1, -0.05) is 30.3 Å². The Balaban J connectivity index is 3.18. The molecule has 1 aromatic rings. The van der Waals surface area contributed by atoms with Gasteiger partial charge in [-0.05, 0) is 39.1 Å². The van der Waals surface area contributed by atoms with E-state index in [0.29, 0.717) is 13.2 Å². The zero-order valence-corrected chi connectivity index (χ0v) is 14.9. The largest absolute Gasteiger partial charge is 0.400 e. The summed E-state index contributed by atoms with van der Waals surface area (Å²) in [5.74, 6) is -0.657. The average Bonchev–Trinajstić information content (AvgIpc) is 2.36. The van der Waals surface area contributed by atoms with Gasteiger partial charge in [0.2, 0.25) is 0 Å². The van der Waals surface area contributed by atoms with E-state index < -0.39 is 21.8 Å². The van der Waals surface area contributed by atoms with E-state index >= 15 is 0 Å². The molecule has 0 spiro atoms. The predicted octanol–water partition coefficient (Wildman–Crippen LogP) is 4.80. The van der Waals surface area contributed by atoms with Gasteiger partial charge in [-0.3, -0.25) is 4.57 Å². The van der Waals surface area contributed by atoms with E-state index in [0.717, 1.165) is 5.56 Å². The summed E-state index contributed by atoms with van der Waals surface area (Å²) in [7, 11) is -5.24. The van der Waals surface area contributed by atoms with Crippen LogP contribution in [-0.2, 0) is 18.0 Å². The first kappa shape index (κ1) is 17.6. The smallest absolute Gasteiger partial charge is 0.362 e. The van der Waals surface area contributed by atoms with Crippen molar-refractivity contribution in [3.8, 4) is 0 Å². The summed E-state index contributed by atoms with van der Waals surface area (Å²) < 4.78 is 30.1. The highest BCUT2D eigenvalue weighted by molar-refractivity contribution is 7.54. The third-order valence-corrected chi connectivity index (χ3v) is 5.81. The van der Waals surface area contributed by atoms with Gasteiger partial charge in [-0.2, -0.15) is 0 Å². The van der Waals surface area contributed by atoms with Gasteiger partial charge >= 0.3 is 7.60 Å². The molecule has 4 nitrogen and oxygen atoms in total. The minimum absolute atomic E-state index is 0.329. The first-order valence-corrected chi connectivity index (χ1v) is 12.0. The fourth-order valence-electron chi connectivity index (χ4n) is 1.80. The summed E-state index contributed by atoms with van der Waals surface area (Å²) in [4.78, 5) is 0. The first-order valence-electron chi connectivity index (χ1n) is 6.94. The molecule has 0 aromatic heterocycles. The van der Waals surface area contributed by atoms with Crippen molar-refractivity contribution in [1.82, 2.24) is 0 Å². The summed E-state index contributed by atoms with van der Waals surface area (Å²) in [6, 6.07) is 9.52. The number of hydrogen-bond acceptors (Lipinski definition) is 4. The van der Waals surface area contributed by atoms with E-state index in [1.54, 1.807) is 0 Å². The Bertz CT molecular complexity index is 434. The quantitative estimate of drug-likeness (QED) is 0.510.